The van der Waals surface area contributed by atoms with Gasteiger partial charge in [-0.1, -0.05) is 63.2 Å². The largest absolute Gasteiger partial charge is 0.238 e. The van der Waals surface area contributed by atoms with E-state index in [-0.39, 0.29) is 31.9 Å². The molecule has 0 fully saturated rings. The van der Waals surface area contributed by atoms with E-state index in [4.69, 9.17) is 0 Å². The number of alkyl halides is 4. The fourth-order valence-electron chi connectivity index (χ4n) is 2.96. The first-order valence-electron chi connectivity index (χ1n) is 9.58. The zero-order valence-electron chi connectivity index (χ0n) is 14.9. The summed E-state index contributed by atoms with van der Waals surface area (Å²) < 4.78 is 47.8. The minimum absolute atomic E-state index is 0.0148. The lowest BCUT2D eigenvalue weighted by atomic mass is 10.2. The van der Waals surface area contributed by atoms with Gasteiger partial charge in [-0.25, -0.2) is 17.6 Å². The molecule has 23 heavy (non-hydrogen) atoms. The molecule has 0 saturated heterocycles. The van der Waals surface area contributed by atoms with Crippen molar-refractivity contribution in [2.45, 2.75) is 102 Å². The summed E-state index contributed by atoms with van der Waals surface area (Å²) in [6.45, 7) is 2.35. The summed E-state index contributed by atoms with van der Waals surface area (Å²) >= 11 is 0. The van der Waals surface area contributed by atoms with Crippen molar-refractivity contribution in [3.05, 3.63) is 0 Å². The van der Waals surface area contributed by atoms with E-state index in [0.717, 1.165) is 31.6 Å². The highest BCUT2D eigenvalue weighted by molar-refractivity contribution is 6.36. The van der Waals surface area contributed by atoms with E-state index < -0.39 is 12.9 Å². The van der Waals surface area contributed by atoms with E-state index in [2.05, 4.69) is 6.92 Å². The molecule has 0 aromatic heterocycles. The second kappa shape index (κ2) is 17.0. The molecule has 0 saturated carbocycles. The van der Waals surface area contributed by atoms with Gasteiger partial charge in [0.2, 0.25) is 12.9 Å². The zero-order valence-corrected chi connectivity index (χ0v) is 17.7. The Balaban J connectivity index is 3.17. The Morgan fingerprint density at radius 2 is 1.13 bits per heavy atom. The molecule has 0 aliphatic heterocycles. The van der Waals surface area contributed by atoms with E-state index in [1.165, 1.54) is 30.6 Å². The molecular formula is C17H36F4Si2. The van der Waals surface area contributed by atoms with Crippen molar-refractivity contribution in [1.29, 1.82) is 0 Å². The maximum Gasteiger partial charge on any atom is 0.238 e. The van der Waals surface area contributed by atoms with E-state index in [1.807, 2.05) is 0 Å². The maximum absolute atomic E-state index is 12.0. The first-order chi connectivity index (χ1) is 11.0. The molecule has 1 atom stereocenters. The molecule has 6 heteroatoms. The molecule has 0 spiro atoms. The van der Waals surface area contributed by atoms with Gasteiger partial charge in [0, 0.05) is 31.9 Å². The molecule has 0 nitrogen and oxygen atoms in total. The van der Waals surface area contributed by atoms with Crippen LogP contribution in [0.2, 0.25) is 24.2 Å². The first-order valence-corrected chi connectivity index (χ1v) is 13.6. The van der Waals surface area contributed by atoms with Crippen LogP contribution >= 0.6 is 0 Å². The second-order valence-corrected chi connectivity index (χ2v) is 11.0. The van der Waals surface area contributed by atoms with Gasteiger partial charge >= 0.3 is 0 Å². The lowest BCUT2D eigenvalue weighted by molar-refractivity contribution is 0.133. The standard InChI is InChI=1S/C17H36F4Si2/c1-15(14-23-12-7-3-5-9-17(20)21)10-13-22-11-6-2-4-8-16(18)19/h15-17H,2-14,22-23H2,1H3. The van der Waals surface area contributed by atoms with Crippen LogP contribution < -0.4 is 0 Å². The second-order valence-electron chi connectivity index (χ2n) is 6.93. The molecule has 0 rings (SSSR count). The van der Waals surface area contributed by atoms with Crippen LogP contribution in [0.3, 0.4) is 0 Å². The summed E-state index contributed by atoms with van der Waals surface area (Å²) in [6.07, 6.45) is 2.88. The Kier molecular flexibility index (Phi) is 17.1. The highest BCUT2D eigenvalue weighted by Crippen LogP contribution is 2.15. The summed E-state index contributed by atoms with van der Waals surface area (Å²) in [6, 6.07) is 5.43. The van der Waals surface area contributed by atoms with E-state index in [9.17, 15) is 17.6 Å². The third-order valence-corrected chi connectivity index (χ3v) is 8.79. The van der Waals surface area contributed by atoms with Gasteiger partial charge in [0.1, 0.15) is 0 Å². The lowest BCUT2D eigenvalue weighted by Gasteiger charge is -2.10. The Morgan fingerprint density at radius 3 is 1.65 bits per heavy atom. The van der Waals surface area contributed by atoms with Gasteiger partial charge in [-0.3, -0.25) is 0 Å². The topological polar surface area (TPSA) is 0 Å². The summed E-state index contributed by atoms with van der Waals surface area (Å²) in [5, 5.41) is 0. The summed E-state index contributed by atoms with van der Waals surface area (Å²) in [4.78, 5) is 0. The van der Waals surface area contributed by atoms with Gasteiger partial charge in [-0.15, -0.1) is 0 Å². The van der Waals surface area contributed by atoms with Crippen molar-refractivity contribution in [3.8, 4) is 0 Å². The molecule has 140 valence electrons. The van der Waals surface area contributed by atoms with Gasteiger partial charge < -0.3 is 0 Å². The number of hydrogen-bond donors (Lipinski definition) is 0. The lowest BCUT2D eigenvalue weighted by Crippen LogP contribution is -2.02. The SMILES string of the molecule is CC(CC[SiH2]CCCCCC(F)F)C[SiH2]CCCCCC(F)F. The van der Waals surface area contributed by atoms with Gasteiger partial charge in [0.15, 0.2) is 0 Å². The maximum atomic E-state index is 12.0. The molecule has 0 aliphatic rings. The number of unbranched alkanes of at least 4 members (excludes halogenated alkanes) is 4. The van der Waals surface area contributed by atoms with Gasteiger partial charge in [-0.05, 0) is 18.8 Å². The molecule has 0 aromatic carbocycles. The normalized spacial score (nSPS) is 14.2. The number of halogens is 4. The van der Waals surface area contributed by atoms with E-state index >= 15 is 0 Å². The molecule has 0 radical (unpaired) electrons. The van der Waals surface area contributed by atoms with Crippen LogP contribution in [-0.4, -0.2) is 31.9 Å². The molecular weight excluding hydrogens is 336 g/mol. The van der Waals surface area contributed by atoms with Crippen LogP contribution in [0.25, 0.3) is 0 Å². The molecule has 0 bridgehead atoms. The smallest absolute Gasteiger partial charge is 0.211 e. The molecule has 0 amide bonds. The molecule has 0 N–H and O–H groups in total. The van der Waals surface area contributed by atoms with Crippen LogP contribution in [0.15, 0.2) is 0 Å². The highest BCUT2D eigenvalue weighted by atomic mass is 28.2. The van der Waals surface area contributed by atoms with Gasteiger partial charge in [-0.2, -0.15) is 0 Å². The van der Waals surface area contributed by atoms with Crippen molar-refractivity contribution in [2.75, 3.05) is 0 Å². The quantitative estimate of drug-likeness (QED) is 0.175. The van der Waals surface area contributed by atoms with Crippen molar-refractivity contribution >= 4 is 19.0 Å². The minimum Gasteiger partial charge on any atom is -0.211 e. The van der Waals surface area contributed by atoms with Crippen LogP contribution in [0.5, 0.6) is 0 Å². The molecule has 1 unspecified atom stereocenters. The fourth-order valence-corrected chi connectivity index (χ4v) is 6.99. The van der Waals surface area contributed by atoms with Crippen LogP contribution in [0.4, 0.5) is 17.6 Å². The Hall–Kier alpha value is 0.154. The Labute approximate surface area is 144 Å². The van der Waals surface area contributed by atoms with Crippen LogP contribution in [0, 0.1) is 5.92 Å². The van der Waals surface area contributed by atoms with Gasteiger partial charge in [0.25, 0.3) is 0 Å². The van der Waals surface area contributed by atoms with Crippen molar-refractivity contribution < 1.29 is 17.6 Å². The summed E-state index contributed by atoms with van der Waals surface area (Å²) in [5.41, 5.74) is 0. The average molecular weight is 373 g/mol. The zero-order chi connectivity index (χ0) is 17.3. The molecule has 0 heterocycles. The highest BCUT2D eigenvalue weighted by Gasteiger charge is 2.04. The number of rotatable bonds is 17. The van der Waals surface area contributed by atoms with Crippen LogP contribution in [0.1, 0.15) is 64.7 Å². The average Bonchev–Trinajstić information content (AvgIpc) is 2.48. The van der Waals surface area contributed by atoms with E-state index in [1.54, 1.807) is 0 Å². The van der Waals surface area contributed by atoms with Gasteiger partial charge in [0.05, 0.1) is 0 Å². The third-order valence-electron chi connectivity index (χ3n) is 4.49. The minimum atomic E-state index is -2.12. The van der Waals surface area contributed by atoms with Crippen molar-refractivity contribution in [1.82, 2.24) is 0 Å². The Morgan fingerprint density at radius 1 is 0.609 bits per heavy atom. The molecule has 0 aromatic rings. The van der Waals surface area contributed by atoms with E-state index in [0.29, 0.717) is 12.8 Å². The predicted octanol–water partition coefficient (Wildman–Crippen LogP) is 5.67. The monoisotopic (exact) mass is 372 g/mol. The number of hydrogen-bond acceptors (Lipinski definition) is 0. The summed E-state index contributed by atoms with van der Waals surface area (Å²) in [5.74, 6) is 0.842. The molecule has 0 aliphatic carbocycles. The first kappa shape index (κ1) is 23.2. The summed E-state index contributed by atoms with van der Waals surface area (Å²) in [7, 11) is 0.0452. The van der Waals surface area contributed by atoms with Crippen molar-refractivity contribution in [3.63, 3.8) is 0 Å². The van der Waals surface area contributed by atoms with Crippen LogP contribution in [-0.2, 0) is 0 Å². The Bertz CT molecular complexity index is 241. The third kappa shape index (κ3) is 20.1. The van der Waals surface area contributed by atoms with Crippen molar-refractivity contribution in [2.24, 2.45) is 5.92 Å². The predicted molar refractivity (Wildman–Crippen MR) is 99.0 cm³/mol. The fraction of sp³-hybridized carbons (Fsp3) is 1.00.